The van der Waals surface area contributed by atoms with Crippen LogP contribution in [0.1, 0.15) is 16.7 Å². The van der Waals surface area contributed by atoms with Crippen molar-refractivity contribution in [1.82, 2.24) is 10.3 Å². The molecule has 0 bridgehead atoms. The molecule has 0 amide bonds. The summed E-state index contributed by atoms with van der Waals surface area (Å²) in [5, 5.41) is 3.30. The molecule has 0 radical (unpaired) electrons. The van der Waals surface area contributed by atoms with Crippen LogP contribution in [0.15, 0.2) is 36.5 Å². The summed E-state index contributed by atoms with van der Waals surface area (Å²) in [5.41, 5.74) is 3.34. The van der Waals surface area contributed by atoms with Crippen LogP contribution >= 0.6 is 0 Å². The van der Waals surface area contributed by atoms with Gasteiger partial charge in [0.15, 0.2) is 0 Å². The third kappa shape index (κ3) is 4.85. The highest BCUT2D eigenvalue weighted by Gasteiger charge is 2.05. The largest absolute Gasteiger partial charge is 0.439 e. The van der Waals surface area contributed by atoms with Gasteiger partial charge in [0.25, 0.3) is 0 Å². The number of nitrogens with one attached hydrogen (secondary N) is 1. The van der Waals surface area contributed by atoms with Gasteiger partial charge < -0.3 is 14.8 Å². The molecule has 1 N–H and O–H groups in total. The van der Waals surface area contributed by atoms with Gasteiger partial charge in [-0.05, 0) is 43.2 Å². The summed E-state index contributed by atoms with van der Waals surface area (Å²) in [4.78, 5) is 4.41. The third-order valence-electron chi connectivity index (χ3n) is 3.10. The van der Waals surface area contributed by atoms with Crippen LogP contribution in [0.25, 0.3) is 0 Å². The second-order valence-corrected chi connectivity index (χ2v) is 5.05. The van der Waals surface area contributed by atoms with E-state index in [1.807, 2.05) is 44.3 Å². The van der Waals surface area contributed by atoms with E-state index < -0.39 is 0 Å². The van der Waals surface area contributed by atoms with Crippen LogP contribution < -0.4 is 10.1 Å². The lowest BCUT2D eigenvalue weighted by Crippen LogP contribution is -2.18. The molecule has 2 rings (SSSR count). The summed E-state index contributed by atoms with van der Waals surface area (Å²) in [6, 6.07) is 10.1. The quantitative estimate of drug-likeness (QED) is 0.794. The lowest BCUT2D eigenvalue weighted by atomic mass is 10.2. The van der Waals surface area contributed by atoms with Crippen molar-refractivity contribution in [2.75, 3.05) is 20.3 Å². The molecule has 1 aromatic carbocycles. The van der Waals surface area contributed by atoms with E-state index in [2.05, 4.69) is 16.4 Å². The zero-order valence-corrected chi connectivity index (χ0v) is 12.8. The standard InChI is InChI=1S/C17H22N2O2/c1-13-5-4-6-16(9-13)21-17-14(2)10-15(12-19-17)11-18-7-8-20-3/h4-6,9-10,12,18H,7-8,11H2,1-3H3. The maximum Gasteiger partial charge on any atom is 0.222 e. The van der Waals surface area contributed by atoms with Crippen LogP contribution in [0, 0.1) is 13.8 Å². The fourth-order valence-electron chi connectivity index (χ4n) is 2.02. The Kier molecular flexibility index (Phi) is 5.72. The van der Waals surface area contributed by atoms with Crippen molar-refractivity contribution in [3.8, 4) is 11.6 Å². The van der Waals surface area contributed by atoms with Gasteiger partial charge in [-0.1, -0.05) is 12.1 Å². The van der Waals surface area contributed by atoms with Crippen LogP contribution in [0.3, 0.4) is 0 Å². The van der Waals surface area contributed by atoms with Crippen molar-refractivity contribution in [2.24, 2.45) is 0 Å². The molecule has 0 aliphatic rings. The third-order valence-corrected chi connectivity index (χ3v) is 3.10. The smallest absolute Gasteiger partial charge is 0.222 e. The van der Waals surface area contributed by atoms with E-state index in [4.69, 9.17) is 9.47 Å². The minimum absolute atomic E-state index is 0.654. The summed E-state index contributed by atoms with van der Waals surface area (Å²) < 4.78 is 10.8. The van der Waals surface area contributed by atoms with Crippen molar-refractivity contribution in [1.29, 1.82) is 0 Å². The van der Waals surface area contributed by atoms with Crippen LogP contribution in [0.2, 0.25) is 0 Å². The molecule has 1 heterocycles. The molecule has 0 saturated heterocycles. The molecule has 0 unspecified atom stereocenters. The molecule has 2 aromatic rings. The number of rotatable bonds is 7. The van der Waals surface area contributed by atoms with Crippen molar-refractivity contribution < 1.29 is 9.47 Å². The maximum absolute atomic E-state index is 5.84. The summed E-state index contributed by atoms with van der Waals surface area (Å²) >= 11 is 0. The van der Waals surface area contributed by atoms with Gasteiger partial charge in [-0.15, -0.1) is 0 Å². The molecule has 0 spiro atoms. The van der Waals surface area contributed by atoms with Gasteiger partial charge in [-0.25, -0.2) is 4.98 Å². The minimum Gasteiger partial charge on any atom is -0.439 e. The number of hydrogen-bond acceptors (Lipinski definition) is 4. The highest BCUT2D eigenvalue weighted by Crippen LogP contribution is 2.23. The zero-order valence-electron chi connectivity index (χ0n) is 12.8. The molecule has 0 fully saturated rings. The SMILES string of the molecule is COCCNCc1cnc(Oc2cccc(C)c2)c(C)c1. The van der Waals surface area contributed by atoms with E-state index in [9.17, 15) is 0 Å². The molecule has 0 atom stereocenters. The number of benzene rings is 1. The van der Waals surface area contributed by atoms with Crippen molar-refractivity contribution in [2.45, 2.75) is 20.4 Å². The normalized spacial score (nSPS) is 10.6. The average molecular weight is 286 g/mol. The molecular formula is C17H22N2O2. The molecule has 0 aliphatic heterocycles. The zero-order chi connectivity index (χ0) is 15.1. The molecule has 112 valence electrons. The Morgan fingerprint density at radius 2 is 2.05 bits per heavy atom. The predicted octanol–water partition coefficient (Wildman–Crippen LogP) is 3.23. The fraction of sp³-hybridized carbons (Fsp3) is 0.353. The van der Waals surface area contributed by atoms with Crippen molar-refractivity contribution >= 4 is 0 Å². The first kappa shape index (κ1) is 15.5. The number of aromatic nitrogens is 1. The summed E-state index contributed by atoms with van der Waals surface area (Å²) in [5.74, 6) is 1.47. The maximum atomic E-state index is 5.84. The molecule has 21 heavy (non-hydrogen) atoms. The van der Waals surface area contributed by atoms with Crippen LogP contribution in [-0.4, -0.2) is 25.2 Å². The molecular weight excluding hydrogens is 264 g/mol. The molecule has 1 aromatic heterocycles. The van der Waals surface area contributed by atoms with E-state index in [-0.39, 0.29) is 0 Å². The van der Waals surface area contributed by atoms with Gasteiger partial charge in [-0.3, -0.25) is 0 Å². The first-order valence-corrected chi connectivity index (χ1v) is 7.09. The molecule has 4 heteroatoms. The predicted molar refractivity (Wildman–Crippen MR) is 83.8 cm³/mol. The number of nitrogens with zero attached hydrogens (tertiary/aromatic N) is 1. The lowest BCUT2D eigenvalue weighted by molar-refractivity contribution is 0.199. The summed E-state index contributed by atoms with van der Waals surface area (Å²) in [7, 11) is 1.70. The van der Waals surface area contributed by atoms with E-state index in [1.54, 1.807) is 7.11 Å². The topological polar surface area (TPSA) is 43.4 Å². The van der Waals surface area contributed by atoms with Crippen LogP contribution in [-0.2, 0) is 11.3 Å². The van der Waals surface area contributed by atoms with E-state index in [1.165, 1.54) is 5.56 Å². The second kappa shape index (κ2) is 7.76. The number of ether oxygens (including phenoxy) is 2. The first-order chi connectivity index (χ1) is 10.2. The number of pyridine rings is 1. The van der Waals surface area contributed by atoms with Crippen LogP contribution in [0.5, 0.6) is 11.6 Å². The van der Waals surface area contributed by atoms with E-state index in [0.717, 1.165) is 30.0 Å². The number of hydrogen-bond donors (Lipinski definition) is 1. The minimum atomic E-state index is 0.654. The Hall–Kier alpha value is -1.91. The summed E-state index contributed by atoms with van der Waals surface area (Å²) in [6.45, 7) is 6.37. The first-order valence-electron chi connectivity index (χ1n) is 7.09. The monoisotopic (exact) mass is 286 g/mol. The highest BCUT2D eigenvalue weighted by atomic mass is 16.5. The van der Waals surface area contributed by atoms with E-state index in [0.29, 0.717) is 12.5 Å². The van der Waals surface area contributed by atoms with E-state index >= 15 is 0 Å². The number of aryl methyl sites for hydroxylation is 2. The molecule has 0 saturated carbocycles. The Labute approximate surface area is 126 Å². The van der Waals surface area contributed by atoms with Gasteiger partial charge in [0.05, 0.1) is 6.61 Å². The van der Waals surface area contributed by atoms with Gasteiger partial charge in [0.2, 0.25) is 5.88 Å². The van der Waals surface area contributed by atoms with Gasteiger partial charge in [0.1, 0.15) is 5.75 Å². The fourth-order valence-corrected chi connectivity index (χ4v) is 2.02. The van der Waals surface area contributed by atoms with Crippen molar-refractivity contribution in [3.63, 3.8) is 0 Å². The van der Waals surface area contributed by atoms with Crippen molar-refractivity contribution in [3.05, 3.63) is 53.2 Å². The number of methoxy groups -OCH3 is 1. The van der Waals surface area contributed by atoms with Crippen LogP contribution in [0.4, 0.5) is 0 Å². The Morgan fingerprint density at radius 3 is 2.76 bits per heavy atom. The molecule has 0 aliphatic carbocycles. The second-order valence-electron chi connectivity index (χ2n) is 5.05. The van der Waals surface area contributed by atoms with Gasteiger partial charge in [0, 0.05) is 32.0 Å². The Balaban J connectivity index is 1.98. The summed E-state index contributed by atoms with van der Waals surface area (Å²) in [6.07, 6.45) is 1.85. The van der Waals surface area contributed by atoms with Gasteiger partial charge >= 0.3 is 0 Å². The molecule has 4 nitrogen and oxygen atoms in total. The average Bonchev–Trinajstić information content (AvgIpc) is 2.46. The highest BCUT2D eigenvalue weighted by molar-refractivity contribution is 5.35. The van der Waals surface area contributed by atoms with Gasteiger partial charge in [-0.2, -0.15) is 0 Å². The Morgan fingerprint density at radius 1 is 1.19 bits per heavy atom. The lowest BCUT2D eigenvalue weighted by Gasteiger charge is -2.10. The Bertz CT molecular complexity index is 585.